The van der Waals surface area contributed by atoms with Gasteiger partial charge < -0.3 is 9.84 Å². The smallest absolute Gasteiger partial charge is 0.330 e. The minimum atomic E-state index is -0.900. The first-order valence-corrected chi connectivity index (χ1v) is 5.21. The second kappa shape index (κ2) is 5.15. The maximum atomic E-state index is 9.83. The fourth-order valence-corrected chi connectivity index (χ4v) is 1.53. The third-order valence-electron chi connectivity index (χ3n) is 2.64. The van der Waals surface area contributed by atoms with Gasteiger partial charge in [-0.05, 0) is 19.3 Å². The van der Waals surface area contributed by atoms with Gasteiger partial charge in [0.1, 0.15) is 0 Å². The first kappa shape index (κ1) is 11.2. The quantitative estimate of drug-likeness (QED) is 0.547. The summed E-state index contributed by atoms with van der Waals surface area (Å²) in [5.41, 5.74) is 0.264. The van der Waals surface area contributed by atoms with Gasteiger partial charge in [-0.3, -0.25) is 0 Å². The molecule has 2 unspecified atom stereocenters. The van der Waals surface area contributed by atoms with E-state index in [-0.39, 0.29) is 5.57 Å². The van der Waals surface area contributed by atoms with Crippen molar-refractivity contribution >= 4 is 5.97 Å². The molecular formula is C11H18O3. The van der Waals surface area contributed by atoms with E-state index in [0.29, 0.717) is 18.6 Å². The van der Waals surface area contributed by atoms with E-state index in [9.17, 15) is 4.79 Å². The Morgan fingerprint density at radius 2 is 1.93 bits per heavy atom. The van der Waals surface area contributed by atoms with Crippen LogP contribution in [0, 0.1) is 0 Å². The zero-order valence-corrected chi connectivity index (χ0v) is 8.66. The van der Waals surface area contributed by atoms with Crippen molar-refractivity contribution in [3.05, 3.63) is 12.2 Å². The van der Waals surface area contributed by atoms with Gasteiger partial charge in [0.2, 0.25) is 0 Å². The van der Waals surface area contributed by atoms with Crippen molar-refractivity contribution in [1.82, 2.24) is 0 Å². The molecule has 1 N–H and O–H groups in total. The van der Waals surface area contributed by atoms with Crippen molar-refractivity contribution in [2.24, 2.45) is 0 Å². The van der Waals surface area contributed by atoms with Crippen LogP contribution in [0.1, 0.15) is 39.0 Å². The molecule has 0 aromatic heterocycles. The number of carboxylic acid groups (broad SMARTS) is 1. The number of fused-ring (bicyclic) bond motifs is 1. The van der Waals surface area contributed by atoms with Crippen molar-refractivity contribution in [1.29, 1.82) is 0 Å². The Hall–Kier alpha value is -0.830. The molecule has 0 aromatic rings. The Morgan fingerprint density at radius 3 is 2.14 bits per heavy atom. The average Bonchev–Trinajstić information content (AvgIpc) is 2.96. The molecular weight excluding hydrogens is 180 g/mol. The van der Waals surface area contributed by atoms with Crippen molar-refractivity contribution < 1.29 is 14.6 Å². The van der Waals surface area contributed by atoms with E-state index in [0.717, 1.165) is 0 Å². The molecule has 0 amide bonds. The van der Waals surface area contributed by atoms with Gasteiger partial charge in [0, 0.05) is 5.57 Å². The highest BCUT2D eigenvalue weighted by molar-refractivity contribution is 5.85. The third-order valence-corrected chi connectivity index (χ3v) is 2.64. The van der Waals surface area contributed by atoms with Crippen molar-refractivity contribution in [3.63, 3.8) is 0 Å². The molecule has 0 spiro atoms. The molecule has 3 heteroatoms. The van der Waals surface area contributed by atoms with E-state index in [2.05, 4.69) is 6.58 Å². The molecule has 0 radical (unpaired) electrons. The molecule has 80 valence electrons. The third kappa shape index (κ3) is 3.50. The van der Waals surface area contributed by atoms with Gasteiger partial charge in [0.25, 0.3) is 0 Å². The minimum absolute atomic E-state index is 0.264. The predicted molar refractivity (Wildman–Crippen MR) is 54.2 cm³/mol. The summed E-state index contributed by atoms with van der Waals surface area (Å²) in [5, 5.41) is 8.08. The first-order valence-electron chi connectivity index (χ1n) is 5.21. The molecule has 1 saturated heterocycles. The Kier molecular flexibility index (Phi) is 4.14. The molecule has 1 saturated carbocycles. The summed E-state index contributed by atoms with van der Waals surface area (Å²) in [6.07, 6.45) is 7.41. The van der Waals surface area contributed by atoms with Crippen LogP contribution in [-0.2, 0) is 9.53 Å². The van der Waals surface area contributed by atoms with Gasteiger partial charge in [0.05, 0.1) is 12.2 Å². The molecule has 1 heterocycles. The van der Waals surface area contributed by atoms with Crippen LogP contribution in [0.3, 0.4) is 0 Å². The molecule has 2 rings (SSSR count). The van der Waals surface area contributed by atoms with Crippen LogP contribution >= 0.6 is 0 Å². The largest absolute Gasteiger partial charge is 0.478 e. The molecule has 0 bridgehead atoms. The van der Waals surface area contributed by atoms with E-state index < -0.39 is 5.97 Å². The van der Waals surface area contributed by atoms with E-state index in [1.165, 1.54) is 25.7 Å². The summed E-state index contributed by atoms with van der Waals surface area (Å²) in [4.78, 5) is 9.83. The molecule has 2 aliphatic rings. The monoisotopic (exact) mass is 198 g/mol. The maximum Gasteiger partial charge on any atom is 0.330 e. The number of hydrogen-bond donors (Lipinski definition) is 1. The number of hydrogen-bond acceptors (Lipinski definition) is 2. The molecule has 3 nitrogen and oxygen atoms in total. The van der Waals surface area contributed by atoms with E-state index in [1.807, 2.05) is 0 Å². The molecule has 2 fully saturated rings. The van der Waals surface area contributed by atoms with E-state index in [1.54, 1.807) is 6.92 Å². The van der Waals surface area contributed by atoms with Crippen LogP contribution in [-0.4, -0.2) is 23.3 Å². The number of aliphatic carboxylic acids is 1. The number of carbonyl (C=O) groups is 1. The second-order valence-electron chi connectivity index (χ2n) is 3.76. The highest BCUT2D eigenvalue weighted by Gasteiger charge is 2.39. The van der Waals surface area contributed by atoms with Crippen molar-refractivity contribution in [2.45, 2.75) is 51.2 Å². The summed E-state index contributed by atoms with van der Waals surface area (Å²) in [6, 6.07) is 0. The highest BCUT2D eigenvalue weighted by Crippen LogP contribution is 2.35. The van der Waals surface area contributed by atoms with Crippen LogP contribution < -0.4 is 0 Å². The Morgan fingerprint density at radius 1 is 1.43 bits per heavy atom. The lowest BCUT2D eigenvalue weighted by Gasteiger charge is -2.00. The fourth-order valence-electron chi connectivity index (χ4n) is 1.53. The van der Waals surface area contributed by atoms with Crippen LogP contribution in [0.25, 0.3) is 0 Å². The first-order chi connectivity index (χ1) is 6.65. The minimum Gasteiger partial charge on any atom is -0.478 e. The van der Waals surface area contributed by atoms with Gasteiger partial charge in [-0.25, -0.2) is 4.79 Å². The van der Waals surface area contributed by atoms with Crippen LogP contribution in [0.15, 0.2) is 12.2 Å². The lowest BCUT2D eigenvalue weighted by Crippen LogP contribution is -2.00. The number of epoxide rings is 1. The van der Waals surface area contributed by atoms with Crippen molar-refractivity contribution in [3.8, 4) is 0 Å². The topological polar surface area (TPSA) is 49.8 Å². The molecule has 1 aliphatic heterocycles. The zero-order chi connectivity index (χ0) is 10.6. The van der Waals surface area contributed by atoms with Gasteiger partial charge in [0.15, 0.2) is 0 Å². The summed E-state index contributed by atoms with van der Waals surface area (Å²) in [5.74, 6) is -0.900. The Balaban J connectivity index is 0.000000140. The van der Waals surface area contributed by atoms with Gasteiger partial charge in [-0.1, -0.05) is 26.3 Å². The zero-order valence-electron chi connectivity index (χ0n) is 8.66. The number of rotatable bonds is 2. The van der Waals surface area contributed by atoms with E-state index in [4.69, 9.17) is 9.84 Å². The van der Waals surface area contributed by atoms with Crippen LogP contribution in [0.5, 0.6) is 0 Å². The molecule has 14 heavy (non-hydrogen) atoms. The summed E-state index contributed by atoms with van der Waals surface area (Å²) < 4.78 is 5.28. The van der Waals surface area contributed by atoms with Crippen LogP contribution in [0.4, 0.5) is 0 Å². The lowest BCUT2D eigenvalue weighted by atomic mass is 10.0. The highest BCUT2D eigenvalue weighted by atomic mass is 16.6. The van der Waals surface area contributed by atoms with Crippen LogP contribution in [0.2, 0.25) is 0 Å². The molecule has 2 atom stereocenters. The predicted octanol–water partition coefficient (Wildman–Crippen LogP) is 2.37. The summed E-state index contributed by atoms with van der Waals surface area (Å²) in [7, 11) is 0. The normalized spacial score (nSPS) is 28.1. The number of ether oxygens (including phenoxy) is 1. The Labute approximate surface area is 84.8 Å². The SMILES string of the molecule is C1CCC2OC2C1.C=C(CC)C(=O)O. The van der Waals surface area contributed by atoms with Gasteiger partial charge in [-0.2, -0.15) is 0 Å². The average molecular weight is 198 g/mol. The Bertz CT molecular complexity index is 213. The summed E-state index contributed by atoms with van der Waals surface area (Å²) in [6.45, 7) is 5.03. The standard InChI is InChI=1S/C6H10O.C5H8O2/c1-2-4-6-5(3-1)7-6;1-3-4(2)5(6)7/h5-6H,1-4H2;2-3H2,1H3,(H,6,7). The van der Waals surface area contributed by atoms with Gasteiger partial charge in [-0.15, -0.1) is 0 Å². The molecule has 0 aromatic carbocycles. The fraction of sp³-hybridized carbons (Fsp3) is 0.727. The van der Waals surface area contributed by atoms with Crippen molar-refractivity contribution in [2.75, 3.05) is 0 Å². The summed E-state index contributed by atoms with van der Waals surface area (Å²) >= 11 is 0. The number of carboxylic acids is 1. The van der Waals surface area contributed by atoms with Gasteiger partial charge >= 0.3 is 5.97 Å². The maximum absolute atomic E-state index is 9.83. The second-order valence-corrected chi connectivity index (χ2v) is 3.76. The molecule has 1 aliphatic carbocycles. The lowest BCUT2D eigenvalue weighted by molar-refractivity contribution is -0.132. The van der Waals surface area contributed by atoms with E-state index >= 15 is 0 Å².